The molecule has 0 aliphatic heterocycles. The fraction of sp³-hybridized carbons (Fsp3) is 0.478. The van der Waals surface area contributed by atoms with Crippen molar-refractivity contribution in [2.24, 2.45) is 5.41 Å². The van der Waals surface area contributed by atoms with E-state index in [-0.39, 0.29) is 33.0 Å². The average molecular weight is 369 g/mol. The van der Waals surface area contributed by atoms with Gasteiger partial charge >= 0.3 is 0 Å². The van der Waals surface area contributed by atoms with Crippen molar-refractivity contribution < 1.29 is 4.92 Å². The third kappa shape index (κ3) is 4.88. The number of nitrogens with zero attached hydrogens (tertiary/aromatic N) is 1. The lowest BCUT2D eigenvalue weighted by molar-refractivity contribution is -0.384. The number of anilines is 1. The first-order chi connectivity index (χ1) is 12.3. The molecule has 0 amide bonds. The zero-order valence-corrected chi connectivity index (χ0v) is 17.6. The Balaban J connectivity index is 2.61. The molecule has 2 aromatic carbocycles. The van der Waals surface area contributed by atoms with Crippen LogP contribution in [-0.2, 0) is 5.41 Å². The summed E-state index contributed by atoms with van der Waals surface area (Å²) in [4.78, 5) is 11.3. The van der Waals surface area contributed by atoms with Gasteiger partial charge in [-0.05, 0) is 40.9 Å². The Morgan fingerprint density at radius 2 is 1.63 bits per heavy atom. The van der Waals surface area contributed by atoms with Gasteiger partial charge in [-0.2, -0.15) is 0 Å². The minimum atomic E-state index is -0.364. The summed E-state index contributed by atoms with van der Waals surface area (Å²) in [6.07, 6.45) is 0.916. The second-order valence-electron chi connectivity index (χ2n) is 9.51. The zero-order valence-electron chi connectivity index (χ0n) is 17.6. The van der Waals surface area contributed by atoms with Crippen molar-refractivity contribution in [2.45, 2.75) is 66.2 Å². The molecule has 0 saturated carbocycles. The Labute approximate surface area is 162 Å². The molecule has 1 unspecified atom stereocenters. The Bertz CT molecular complexity index is 831. The molecule has 0 radical (unpaired) electrons. The van der Waals surface area contributed by atoms with E-state index in [1.165, 1.54) is 5.56 Å². The third-order valence-electron chi connectivity index (χ3n) is 5.18. The number of hydrogen-bond acceptors (Lipinski definition) is 3. The highest BCUT2D eigenvalue weighted by atomic mass is 16.6. The Morgan fingerprint density at radius 3 is 2.11 bits per heavy atom. The molecular weight excluding hydrogens is 336 g/mol. The van der Waals surface area contributed by atoms with Crippen LogP contribution in [0.4, 0.5) is 11.4 Å². The first-order valence-corrected chi connectivity index (χ1v) is 9.47. The average Bonchev–Trinajstić information content (AvgIpc) is 2.52. The summed E-state index contributed by atoms with van der Waals surface area (Å²) in [5.41, 5.74) is 10.5. The van der Waals surface area contributed by atoms with Crippen LogP contribution in [0, 0.1) is 22.5 Å². The van der Waals surface area contributed by atoms with Gasteiger partial charge in [-0.25, -0.2) is 0 Å². The molecule has 146 valence electrons. The van der Waals surface area contributed by atoms with Crippen LogP contribution in [0.25, 0.3) is 0 Å². The van der Waals surface area contributed by atoms with Crippen molar-refractivity contribution in [3.63, 3.8) is 0 Å². The number of hydrogen-bond donors (Lipinski definition) is 1. The van der Waals surface area contributed by atoms with Gasteiger partial charge < -0.3 is 5.73 Å². The molecule has 4 nitrogen and oxygen atoms in total. The fourth-order valence-electron chi connectivity index (χ4n) is 4.02. The van der Waals surface area contributed by atoms with Crippen molar-refractivity contribution >= 4 is 11.4 Å². The topological polar surface area (TPSA) is 69.2 Å². The van der Waals surface area contributed by atoms with Crippen LogP contribution in [0.5, 0.6) is 0 Å². The van der Waals surface area contributed by atoms with Crippen molar-refractivity contribution in [1.29, 1.82) is 0 Å². The quantitative estimate of drug-likeness (QED) is 0.380. The number of benzene rings is 2. The number of nitro groups is 1. The minimum absolute atomic E-state index is 0.00319. The summed E-state index contributed by atoms with van der Waals surface area (Å²) >= 11 is 0. The lowest BCUT2D eigenvalue weighted by atomic mass is 9.71. The molecular formula is C23H32N2O2. The molecule has 0 bridgehead atoms. The van der Waals surface area contributed by atoms with Gasteiger partial charge in [0.25, 0.3) is 5.69 Å². The molecule has 0 fully saturated rings. The first kappa shape index (κ1) is 20.9. The summed E-state index contributed by atoms with van der Waals surface area (Å²) < 4.78 is 0. The Morgan fingerprint density at radius 1 is 1.07 bits per heavy atom. The molecule has 2 N–H and O–H groups in total. The minimum Gasteiger partial charge on any atom is -0.393 e. The molecule has 0 heterocycles. The maximum atomic E-state index is 11.7. The molecule has 0 aliphatic carbocycles. The van der Waals surface area contributed by atoms with E-state index in [1.807, 2.05) is 6.92 Å². The van der Waals surface area contributed by atoms with Crippen LogP contribution in [0.2, 0.25) is 0 Å². The van der Waals surface area contributed by atoms with E-state index in [0.717, 1.165) is 23.1 Å². The predicted octanol–water partition coefficient (Wildman–Crippen LogP) is 6.35. The summed E-state index contributed by atoms with van der Waals surface area (Å²) in [6, 6.07) is 12.0. The van der Waals surface area contributed by atoms with Crippen molar-refractivity contribution in [1.82, 2.24) is 0 Å². The van der Waals surface area contributed by atoms with Crippen LogP contribution in [0.3, 0.4) is 0 Å². The Hall–Kier alpha value is -2.36. The van der Waals surface area contributed by atoms with Gasteiger partial charge in [-0.15, -0.1) is 0 Å². The number of rotatable bonds is 5. The van der Waals surface area contributed by atoms with Gasteiger partial charge in [-0.3, -0.25) is 10.1 Å². The lowest BCUT2D eigenvalue weighted by Crippen LogP contribution is -2.25. The smallest absolute Gasteiger partial charge is 0.292 e. The second-order valence-corrected chi connectivity index (χ2v) is 9.51. The highest BCUT2D eigenvalue weighted by Crippen LogP contribution is 2.42. The molecule has 0 aromatic heterocycles. The lowest BCUT2D eigenvalue weighted by Gasteiger charge is -2.33. The van der Waals surface area contributed by atoms with Crippen LogP contribution in [0.15, 0.2) is 36.4 Å². The van der Waals surface area contributed by atoms with Crippen molar-refractivity contribution in [3.05, 3.63) is 68.8 Å². The van der Waals surface area contributed by atoms with Gasteiger partial charge in [0, 0.05) is 12.0 Å². The molecule has 2 rings (SSSR count). The van der Waals surface area contributed by atoms with Gasteiger partial charge in [0.2, 0.25) is 0 Å². The summed E-state index contributed by atoms with van der Waals surface area (Å²) in [5.74, 6) is -0.0188. The highest BCUT2D eigenvalue weighted by Gasteiger charge is 2.31. The number of nitrogens with two attached hydrogens (primary N) is 1. The molecule has 0 saturated heterocycles. The summed E-state index contributed by atoms with van der Waals surface area (Å²) in [6.45, 7) is 15.0. The molecule has 4 heteroatoms. The molecule has 0 spiro atoms. The van der Waals surface area contributed by atoms with E-state index >= 15 is 0 Å². The van der Waals surface area contributed by atoms with Crippen molar-refractivity contribution in [2.75, 3.05) is 5.73 Å². The van der Waals surface area contributed by atoms with Crippen LogP contribution in [-0.4, -0.2) is 4.92 Å². The maximum Gasteiger partial charge on any atom is 0.292 e. The van der Waals surface area contributed by atoms with Gasteiger partial charge in [-0.1, -0.05) is 77.4 Å². The van der Waals surface area contributed by atoms with E-state index in [2.05, 4.69) is 71.9 Å². The standard InChI is InChI=1S/C23H32N2O2/c1-15-8-10-17(11-9-15)16(2)19-12-18(13-20(21(19)24)25(26)27)23(6,7)14-22(3,4)5/h8-13,16H,14,24H2,1-7H3. The molecule has 1 atom stereocenters. The van der Waals surface area contributed by atoms with Gasteiger partial charge in [0.05, 0.1) is 4.92 Å². The largest absolute Gasteiger partial charge is 0.393 e. The van der Waals surface area contributed by atoms with Crippen LogP contribution < -0.4 is 5.73 Å². The SMILES string of the molecule is Cc1ccc(C(C)c2cc(C(C)(C)CC(C)(C)C)cc([N+](=O)[O-])c2N)cc1. The molecule has 2 aromatic rings. The van der Waals surface area contributed by atoms with E-state index in [0.29, 0.717) is 0 Å². The Kier molecular flexibility index (Phi) is 5.69. The fourth-order valence-corrected chi connectivity index (χ4v) is 4.02. The van der Waals surface area contributed by atoms with Crippen molar-refractivity contribution in [3.8, 4) is 0 Å². The normalized spacial score (nSPS) is 13.4. The van der Waals surface area contributed by atoms with Crippen LogP contribution in [0.1, 0.15) is 76.1 Å². The zero-order chi connectivity index (χ0) is 20.6. The summed E-state index contributed by atoms with van der Waals surface area (Å²) in [5, 5.41) is 11.7. The maximum absolute atomic E-state index is 11.7. The van der Waals surface area contributed by atoms with E-state index < -0.39 is 0 Å². The summed E-state index contributed by atoms with van der Waals surface area (Å²) in [7, 11) is 0. The van der Waals surface area contributed by atoms with Gasteiger partial charge in [0.15, 0.2) is 0 Å². The number of nitro benzene ring substituents is 1. The molecule has 27 heavy (non-hydrogen) atoms. The first-order valence-electron chi connectivity index (χ1n) is 9.47. The number of nitrogen functional groups attached to an aromatic ring is 1. The predicted molar refractivity (Wildman–Crippen MR) is 113 cm³/mol. The highest BCUT2D eigenvalue weighted by molar-refractivity contribution is 5.67. The van der Waals surface area contributed by atoms with Gasteiger partial charge in [0.1, 0.15) is 5.69 Å². The van der Waals surface area contributed by atoms with E-state index in [9.17, 15) is 10.1 Å². The third-order valence-corrected chi connectivity index (χ3v) is 5.18. The van der Waals surface area contributed by atoms with E-state index in [4.69, 9.17) is 5.73 Å². The van der Waals surface area contributed by atoms with E-state index in [1.54, 1.807) is 6.07 Å². The second kappa shape index (κ2) is 7.34. The van der Waals surface area contributed by atoms with Crippen LogP contribution >= 0.6 is 0 Å². The molecule has 0 aliphatic rings. The number of aryl methyl sites for hydroxylation is 1. The monoisotopic (exact) mass is 368 g/mol.